The Bertz CT molecular complexity index is 845. The van der Waals surface area contributed by atoms with Crippen molar-refractivity contribution >= 4 is 23.2 Å². The van der Waals surface area contributed by atoms with Gasteiger partial charge in [0.1, 0.15) is 0 Å². The molecule has 2 saturated carbocycles. The number of carbonyl (C=O) groups excluding carboxylic acids is 1. The molecule has 0 aromatic heterocycles. The molecule has 1 aromatic rings. The number of rotatable bonds is 2. The van der Waals surface area contributed by atoms with Gasteiger partial charge in [0.25, 0.3) is 0 Å². The molecule has 2 nitrogen and oxygen atoms in total. The van der Waals surface area contributed by atoms with Gasteiger partial charge in [0, 0.05) is 24.4 Å². The van der Waals surface area contributed by atoms with Gasteiger partial charge in [-0.25, -0.2) is 0 Å². The second-order valence-electron chi connectivity index (χ2n) is 10.5. The molecule has 3 fully saturated rings. The maximum Gasteiger partial charge on any atom is 0.222 e. The molecule has 3 aliphatic carbocycles. The number of fused-ring (bicyclic) bond motifs is 5. The van der Waals surface area contributed by atoms with Crippen LogP contribution in [0.15, 0.2) is 35.2 Å². The Balaban J connectivity index is 1.43. The Morgan fingerprint density at radius 3 is 2.52 bits per heavy atom. The molecule has 0 radical (unpaired) electrons. The molecule has 1 aliphatic heterocycles. The molecule has 156 valence electrons. The minimum Gasteiger partial charge on any atom is -0.342 e. The summed E-state index contributed by atoms with van der Waals surface area (Å²) in [5.74, 6) is 2.74. The number of carbonyl (C=O) groups is 1. The van der Waals surface area contributed by atoms with Gasteiger partial charge in [-0.3, -0.25) is 4.79 Å². The van der Waals surface area contributed by atoms with Gasteiger partial charge in [-0.15, -0.1) is 11.8 Å². The van der Waals surface area contributed by atoms with Gasteiger partial charge in [0.2, 0.25) is 5.91 Å². The van der Waals surface area contributed by atoms with E-state index in [2.05, 4.69) is 62.4 Å². The number of nitrogens with zero attached hydrogens (tertiary/aromatic N) is 1. The van der Waals surface area contributed by atoms with Crippen LogP contribution in [-0.4, -0.2) is 30.2 Å². The maximum atomic E-state index is 12.3. The lowest BCUT2D eigenvalue weighted by Crippen LogP contribution is -2.61. The van der Waals surface area contributed by atoms with E-state index >= 15 is 0 Å². The molecule has 0 N–H and O–H groups in total. The normalized spacial score (nSPS) is 41.4. The zero-order valence-corrected chi connectivity index (χ0v) is 19.2. The SMILES string of the molecule is CSc1ccc(C2=CC[C@H]3[C@@H]4CC[C@H]5N(C)C(=O)CC[C@]5(C)[C@H]4CC[C@]23C)cc1. The Morgan fingerprint density at radius 1 is 1.03 bits per heavy atom. The van der Waals surface area contributed by atoms with Crippen molar-refractivity contribution in [2.24, 2.45) is 28.6 Å². The van der Waals surface area contributed by atoms with E-state index in [-0.39, 0.29) is 0 Å². The summed E-state index contributed by atoms with van der Waals surface area (Å²) in [7, 11) is 2.06. The summed E-state index contributed by atoms with van der Waals surface area (Å²) in [6.07, 6.45) is 12.9. The van der Waals surface area contributed by atoms with Crippen LogP contribution in [0.3, 0.4) is 0 Å². The monoisotopic (exact) mass is 409 g/mol. The van der Waals surface area contributed by atoms with E-state index in [9.17, 15) is 4.79 Å². The Kier molecular flexibility index (Phi) is 4.70. The predicted octanol–water partition coefficient (Wildman–Crippen LogP) is 6.27. The summed E-state index contributed by atoms with van der Waals surface area (Å²) in [6.45, 7) is 5.07. The second kappa shape index (κ2) is 6.90. The first kappa shape index (κ1) is 19.7. The van der Waals surface area contributed by atoms with Crippen LogP contribution in [0.4, 0.5) is 0 Å². The third-order valence-electron chi connectivity index (χ3n) is 9.54. The lowest BCUT2D eigenvalue weighted by atomic mass is 9.46. The van der Waals surface area contributed by atoms with Crippen molar-refractivity contribution in [1.29, 1.82) is 0 Å². The Hall–Kier alpha value is -1.22. The molecule has 1 heterocycles. The van der Waals surface area contributed by atoms with Gasteiger partial charge in [0.05, 0.1) is 0 Å². The largest absolute Gasteiger partial charge is 0.342 e. The highest BCUT2D eigenvalue weighted by Crippen LogP contribution is 2.66. The minimum absolute atomic E-state index is 0.315. The highest BCUT2D eigenvalue weighted by Gasteiger charge is 2.59. The number of thioether (sulfide) groups is 1. The number of amides is 1. The number of benzene rings is 1. The summed E-state index contributed by atoms with van der Waals surface area (Å²) >= 11 is 1.82. The van der Waals surface area contributed by atoms with Crippen molar-refractivity contribution in [3.05, 3.63) is 35.9 Å². The molecule has 4 aliphatic rings. The van der Waals surface area contributed by atoms with Crippen LogP contribution < -0.4 is 0 Å². The van der Waals surface area contributed by atoms with Crippen molar-refractivity contribution in [2.75, 3.05) is 13.3 Å². The first-order chi connectivity index (χ1) is 13.9. The van der Waals surface area contributed by atoms with E-state index in [1.54, 1.807) is 5.57 Å². The average molecular weight is 410 g/mol. The zero-order valence-electron chi connectivity index (χ0n) is 18.4. The van der Waals surface area contributed by atoms with Crippen LogP contribution in [0.5, 0.6) is 0 Å². The van der Waals surface area contributed by atoms with Gasteiger partial charge < -0.3 is 4.90 Å². The van der Waals surface area contributed by atoms with Crippen molar-refractivity contribution in [1.82, 2.24) is 4.90 Å². The average Bonchev–Trinajstić information content (AvgIpc) is 3.08. The van der Waals surface area contributed by atoms with Gasteiger partial charge >= 0.3 is 0 Å². The number of likely N-dealkylation sites (tertiary alicyclic amines) is 1. The molecule has 5 rings (SSSR count). The van der Waals surface area contributed by atoms with Crippen LogP contribution >= 0.6 is 11.8 Å². The molecule has 0 bridgehead atoms. The fourth-order valence-electron chi connectivity index (χ4n) is 7.94. The number of allylic oxidation sites excluding steroid dienone is 2. The van der Waals surface area contributed by atoms with E-state index in [1.807, 2.05) is 11.8 Å². The van der Waals surface area contributed by atoms with Crippen LogP contribution in [0.25, 0.3) is 5.57 Å². The molecular formula is C26H35NOS. The molecule has 1 amide bonds. The predicted molar refractivity (Wildman–Crippen MR) is 122 cm³/mol. The second-order valence-corrected chi connectivity index (χ2v) is 11.4. The van der Waals surface area contributed by atoms with Crippen molar-refractivity contribution in [3.8, 4) is 0 Å². The summed E-state index contributed by atoms with van der Waals surface area (Å²) in [6, 6.07) is 9.71. The zero-order chi connectivity index (χ0) is 20.4. The lowest BCUT2D eigenvalue weighted by Gasteiger charge is -2.61. The van der Waals surface area contributed by atoms with Crippen LogP contribution in [0.2, 0.25) is 0 Å². The lowest BCUT2D eigenvalue weighted by molar-refractivity contribution is -0.155. The minimum atomic E-state index is 0.315. The molecule has 0 spiro atoms. The van der Waals surface area contributed by atoms with Crippen LogP contribution in [0, 0.1) is 28.6 Å². The topological polar surface area (TPSA) is 20.3 Å². The first-order valence-corrected chi connectivity index (χ1v) is 12.7. The van der Waals surface area contributed by atoms with E-state index in [0.29, 0.717) is 22.8 Å². The van der Waals surface area contributed by atoms with Crippen molar-refractivity contribution in [3.63, 3.8) is 0 Å². The van der Waals surface area contributed by atoms with E-state index < -0.39 is 0 Å². The number of hydrogen-bond donors (Lipinski definition) is 0. The third kappa shape index (κ3) is 2.79. The van der Waals surface area contributed by atoms with Crippen molar-refractivity contribution in [2.45, 2.75) is 69.7 Å². The maximum absolute atomic E-state index is 12.3. The van der Waals surface area contributed by atoms with Gasteiger partial charge in [-0.1, -0.05) is 32.1 Å². The summed E-state index contributed by atoms with van der Waals surface area (Å²) < 4.78 is 0. The molecule has 1 saturated heterocycles. The highest BCUT2D eigenvalue weighted by atomic mass is 32.2. The van der Waals surface area contributed by atoms with E-state index in [4.69, 9.17) is 0 Å². The Labute approximate surface area is 180 Å². The van der Waals surface area contributed by atoms with Crippen LogP contribution in [0.1, 0.15) is 64.4 Å². The quantitative estimate of drug-likeness (QED) is 0.537. The summed E-state index contributed by atoms with van der Waals surface area (Å²) in [5.41, 5.74) is 3.68. The summed E-state index contributed by atoms with van der Waals surface area (Å²) in [4.78, 5) is 15.8. The number of piperidine rings is 1. The van der Waals surface area contributed by atoms with Gasteiger partial charge in [0.15, 0.2) is 0 Å². The molecular weight excluding hydrogens is 374 g/mol. The molecule has 6 atom stereocenters. The standard InChI is InChI=1S/C26H35NOS/c1-25-15-13-22-19(9-12-23-26(22,2)16-14-24(28)27(23)3)21(25)11-10-20(25)17-5-7-18(29-4)8-6-17/h5-8,10,19,21-23H,9,11-16H2,1-4H3/t19-,21-,22-,23+,25+,26+/m0/s1. The molecule has 29 heavy (non-hydrogen) atoms. The van der Waals surface area contributed by atoms with Crippen LogP contribution in [-0.2, 0) is 4.79 Å². The van der Waals surface area contributed by atoms with E-state index in [0.717, 1.165) is 30.6 Å². The summed E-state index contributed by atoms with van der Waals surface area (Å²) in [5, 5.41) is 0. The first-order valence-electron chi connectivity index (χ1n) is 11.5. The van der Waals surface area contributed by atoms with Gasteiger partial charge in [-0.05, 0) is 96.6 Å². The van der Waals surface area contributed by atoms with E-state index in [1.165, 1.54) is 42.6 Å². The molecule has 0 unspecified atom stereocenters. The number of hydrogen-bond acceptors (Lipinski definition) is 2. The molecule has 3 heteroatoms. The third-order valence-corrected chi connectivity index (χ3v) is 10.3. The fraction of sp³-hybridized carbons (Fsp3) is 0.654. The van der Waals surface area contributed by atoms with Gasteiger partial charge in [-0.2, -0.15) is 0 Å². The fourth-order valence-corrected chi connectivity index (χ4v) is 8.34. The highest BCUT2D eigenvalue weighted by molar-refractivity contribution is 7.98. The molecule has 1 aromatic carbocycles. The smallest absolute Gasteiger partial charge is 0.222 e. The Morgan fingerprint density at radius 2 is 1.79 bits per heavy atom. The van der Waals surface area contributed by atoms with Crippen molar-refractivity contribution < 1.29 is 4.79 Å².